The second kappa shape index (κ2) is 11.8. The number of ether oxygens (including phenoxy) is 4. The number of aromatic nitrogens is 2. The Morgan fingerprint density at radius 3 is 2.18 bits per heavy atom. The quantitative estimate of drug-likeness (QED) is 0.217. The lowest BCUT2D eigenvalue weighted by atomic mass is 10.0. The smallest absolute Gasteiger partial charge is 0.357 e. The largest absolute Gasteiger partial charge is 0.493 e. The lowest BCUT2D eigenvalue weighted by Crippen LogP contribution is -2.15. The number of nitrogens with zero attached hydrogens (tertiary/aromatic N) is 2. The highest BCUT2D eigenvalue weighted by Gasteiger charge is 2.32. The molecule has 0 aliphatic heterocycles. The molecular weight excluding hydrogens is 555 g/mol. The molecule has 0 aliphatic carbocycles. The van der Waals surface area contributed by atoms with E-state index in [4.69, 9.17) is 53.8 Å². The Morgan fingerprint density at radius 2 is 1.55 bits per heavy atom. The van der Waals surface area contributed by atoms with Crippen molar-refractivity contribution in [3.05, 3.63) is 92.6 Å². The highest BCUT2D eigenvalue weighted by molar-refractivity contribution is 6.35. The van der Waals surface area contributed by atoms with Crippen molar-refractivity contribution in [2.45, 2.75) is 6.61 Å². The first kappa shape index (κ1) is 27.3. The molecule has 1 aromatic heterocycles. The van der Waals surface area contributed by atoms with Crippen LogP contribution in [-0.2, 0) is 16.1 Å². The first-order valence-corrected chi connectivity index (χ1v) is 12.2. The van der Waals surface area contributed by atoms with Gasteiger partial charge in [-0.2, -0.15) is 5.10 Å². The van der Waals surface area contributed by atoms with Gasteiger partial charge in [0, 0.05) is 27.2 Å². The number of rotatable bonds is 8. The Labute approximate surface area is 233 Å². The van der Waals surface area contributed by atoms with E-state index in [-0.39, 0.29) is 28.6 Å². The number of esters is 2. The van der Waals surface area contributed by atoms with Crippen LogP contribution in [0.25, 0.3) is 16.9 Å². The van der Waals surface area contributed by atoms with E-state index in [1.165, 1.54) is 32.1 Å². The van der Waals surface area contributed by atoms with Gasteiger partial charge >= 0.3 is 11.9 Å². The summed E-state index contributed by atoms with van der Waals surface area (Å²) >= 11 is 18.9. The molecule has 0 amide bonds. The van der Waals surface area contributed by atoms with Crippen LogP contribution in [0.1, 0.15) is 26.4 Å². The van der Waals surface area contributed by atoms with Crippen LogP contribution in [-0.4, -0.2) is 43.0 Å². The van der Waals surface area contributed by atoms with Crippen LogP contribution < -0.4 is 9.47 Å². The van der Waals surface area contributed by atoms with Crippen LogP contribution in [0, 0.1) is 0 Å². The molecule has 0 atom stereocenters. The fourth-order valence-electron chi connectivity index (χ4n) is 3.73. The van der Waals surface area contributed by atoms with Crippen LogP contribution in [0.15, 0.2) is 60.7 Å². The highest BCUT2D eigenvalue weighted by atomic mass is 35.5. The molecule has 4 rings (SSSR count). The number of halogens is 3. The molecule has 0 aliphatic rings. The van der Waals surface area contributed by atoms with Crippen LogP contribution >= 0.6 is 34.8 Å². The fraction of sp³-hybridized carbons (Fsp3) is 0.148. The average molecular weight is 576 g/mol. The summed E-state index contributed by atoms with van der Waals surface area (Å²) < 4.78 is 22.7. The van der Waals surface area contributed by atoms with E-state index in [2.05, 4.69) is 5.10 Å². The maximum absolute atomic E-state index is 12.9. The summed E-state index contributed by atoms with van der Waals surface area (Å²) in [6.07, 6.45) is 0. The Hall–Kier alpha value is -3.72. The van der Waals surface area contributed by atoms with Gasteiger partial charge in [0.25, 0.3) is 0 Å². The molecular formula is C27H21Cl3N2O6. The number of carbonyl (C=O) groups excluding carboxylic acids is 2. The SMILES string of the molecule is COC(=O)c1c(-c2cc(OC)c(OCc3ccc(Cl)cc3Cl)cc2Cl)nn(-c2ccccc2)c1C(=O)OC. The van der Waals surface area contributed by atoms with Crippen molar-refractivity contribution in [2.75, 3.05) is 21.3 Å². The molecule has 11 heteroatoms. The third kappa shape index (κ3) is 5.43. The first-order chi connectivity index (χ1) is 18.3. The van der Waals surface area contributed by atoms with Gasteiger partial charge in [0.1, 0.15) is 17.9 Å². The average Bonchev–Trinajstić information content (AvgIpc) is 3.32. The predicted molar refractivity (Wildman–Crippen MR) is 144 cm³/mol. The second-order valence-corrected chi connectivity index (χ2v) is 9.06. The van der Waals surface area contributed by atoms with Gasteiger partial charge in [-0.1, -0.05) is 59.1 Å². The highest BCUT2D eigenvalue weighted by Crippen LogP contribution is 2.41. The summed E-state index contributed by atoms with van der Waals surface area (Å²) in [7, 11) is 3.87. The van der Waals surface area contributed by atoms with Gasteiger partial charge in [-0.3, -0.25) is 0 Å². The maximum atomic E-state index is 12.9. The van der Waals surface area contributed by atoms with Gasteiger partial charge in [-0.15, -0.1) is 0 Å². The summed E-state index contributed by atoms with van der Waals surface area (Å²) in [5, 5.41) is 5.71. The van der Waals surface area contributed by atoms with E-state index < -0.39 is 11.9 Å². The van der Waals surface area contributed by atoms with Gasteiger partial charge in [0.2, 0.25) is 0 Å². The predicted octanol–water partition coefficient (Wildman–Crippen LogP) is 6.66. The van der Waals surface area contributed by atoms with Crippen molar-refractivity contribution in [2.24, 2.45) is 0 Å². The molecule has 4 aromatic rings. The zero-order valence-corrected chi connectivity index (χ0v) is 22.7. The van der Waals surface area contributed by atoms with Gasteiger partial charge in [0.05, 0.1) is 32.0 Å². The fourth-order valence-corrected chi connectivity index (χ4v) is 4.43. The van der Waals surface area contributed by atoms with E-state index >= 15 is 0 Å². The molecule has 0 unspecified atom stereocenters. The molecule has 0 spiro atoms. The second-order valence-electron chi connectivity index (χ2n) is 7.81. The maximum Gasteiger partial charge on any atom is 0.357 e. The van der Waals surface area contributed by atoms with Crippen molar-refractivity contribution in [3.63, 3.8) is 0 Å². The molecule has 196 valence electrons. The van der Waals surface area contributed by atoms with Crippen molar-refractivity contribution in [3.8, 4) is 28.4 Å². The van der Waals surface area contributed by atoms with Gasteiger partial charge < -0.3 is 18.9 Å². The van der Waals surface area contributed by atoms with Crippen LogP contribution in [0.4, 0.5) is 0 Å². The van der Waals surface area contributed by atoms with Crippen molar-refractivity contribution < 1.29 is 28.5 Å². The van der Waals surface area contributed by atoms with Crippen LogP contribution in [0.2, 0.25) is 15.1 Å². The molecule has 3 aromatic carbocycles. The molecule has 0 saturated heterocycles. The summed E-state index contributed by atoms with van der Waals surface area (Å²) in [6.45, 7) is 0.116. The number of hydrogen-bond donors (Lipinski definition) is 0. The number of hydrogen-bond acceptors (Lipinski definition) is 7. The summed E-state index contributed by atoms with van der Waals surface area (Å²) in [5.41, 5.74) is 1.39. The molecule has 0 radical (unpaired) electrons. The summed E-state index contributed by atoms with van der Waals surface area (Å²) in [6, 6.07) is 17.0. The normalized spacial score (nSPS) is 10.7. The van der Waals surface area contributed by atoms with Gasteiger partial charge in [-0.05, 0) is 30.3 Å². The molecule has 38 heavy (non-hydrogen) atoms. The van der Waals surface area contributed by atoms with Gasteiger partial charge in [-0.25, -0.2) is 14.3 Å². The first-order valence-electron chi connectivity index (χ1n) is 11.1. The topological polar surface area (TPSA) is 88.9 Å². The number of benzene rings is 3. The number of carbonyl (C=O) groups is 2. The van der Waals surface area contributed by atoms with E-state index in [1.54, 1.807) is 48.5 Å². The zero-order chi connectivity index (χ0) is 27.4. The van der Waals surface area contributed by atoms with E-state index in [1.807, 2.05) is 6.07 Å². The third-order valence-electron chi connectivity index (χ3n) is 5.56. The summed E-state index contributed by atoms with van der Waals surface area (Å²) in [5.74, 6) is -0.951. The lowest BCUT2D eigenvalue weighted by Gasteiger charge is -2.14. The van der Waals surface area contributed by atoms with Crippen molar-refractivity contribution >= 4 is 46.7 Å². The van der Waals surface area contributed by atoms with Crippen LogP contribution in [0.3, 0.4) is 0 Å². The minimum atomic E-state index is -0.796. The number of para-hydroxylation sites is 1. The molecule has 0 N–H and O–H groups in total. The van der Waals surface area contributed by atoms with Crippen molar-refractivity contribution in [1.29, 1.82) is 0 Å². The molecule has 0 saturated carbocycles. The number of methoxy groups -OCH3 is 3. The van der Waals surface area contributed by atoms with E-state index in [0.717, 1.165) is 0 Å². The van der Waals surface area contributed by atoms with Crippen LogP contribution in [0.5, 0.6) is 11.5 Å². The van der Waals surface area contributed by atoms with E-state index in [0.29, 0.717) is 38.4 Å². The van der Waals surface area contributed by atoms with E-state index in [9.17, 15) is 9.59 Å². The molecule has 0 bridgehead atoms. The zero-order valence-electron chi connectivity index (χ0n) is 20.5. The Balaban J connectivity index is 1.85. The molecule has 8 nitrogen and oxygen atoms in total. The van der Waals surface area contributed by atoms with Crippen molar-refractivity contribution in [1.82, 2.24) is 9.78 Å². The Kier molecular flexibility index (Phi) is 8.46. The standard InChI is InChI=1S/C27H21Cl3N2O6/c1-35-21-12-18(20(30)13-22(21)38-14-15-9-10-16(28)11-19(15)29)24-23(26(33)36-2)25(27(34)37-3)32(31-24)17-7-5-4-6-8-17/h4-13H,14H2,1-3H3. The lowest BCUT2D eigenvalue weighted by molar-refractivity contribution is 0.0549. The Morgan fingerprint density at radius 1 is 0.842 bits per heavy atom. The monoisotopic (exact) mass is 574 g/mol. The van der Waals surface area contributed by atoms with Gasteiger partial charge in [0.15, 0.2) is 17.2 Å². The minimum Gasteiger partial charge on any atom is -0.493 e. The summed E-state index contributed by atoms with van der Waals surface area (Å²) in [4.78, 5) is 25.8. The third-order valence-corrected chi connectivity index (χ3v) is 6.46. The molecule has 0 fully saturated rings. The Bertz CT molecular complexity index is 1500. The minimum absolute atomic E-state index is 0.0942. The molecule has 1 heterocycles.